The van der Waals surface area contributed by atoms with Crippen molar-refractivity contribution < 1.29 is 9.59 Å². The van der Waals surface area contributed by atoms with Crippen LogP contribution in [0.15, 0.2) is 0 Å². The van der Waals surface area contributed by atoms with Crippen LogP contribution in [0.3, 0.4) is 0 Å². The second kappa shape index (κ2) is 8.34. The van der Waals surface area contributed by atoms with Crippen molar-refractivity contribution in [1.82, 2.24) is 20.9 Å². The fourth-order valence-electron chi connectivity index (χ4n) is 2.83. The van der Waals surface area contributed by atoms with Gasteiger partial charge in [0, 0.05) is 19.1 Å². The lowest BCUT2D eigenvalue weighted by Gasteiger charge is -2.29. The lowest BCUT2D eigenvalue weighted by molar-refractivity contribution is -0.121. The Balaban J connectivity index is 1.73. The van der Waals surface area contributed by atoms with Gasteiger partial charge in [-0.3, -0.25) is 15.0 Å². The molecule has 1 atom stereocenters. The zero-order valence-electron chi connectivity index (χ0n) is 13.0. The van der Waals surface area contributed by atoms with Crippen LogP contribution in [0.4, 0.5) is 4.79 Å². The van der Waals surface area contributed by atoms with Crippen LogP contribution in [0.2, 0.25) is 0 Å². The predicted octanol–water partition coefficient (Wildman–Crippen LogP) is 0.686. The van der Waals surface area contributed by atoms with E-state index in [1.807, 2.05) is 6.92 Å². The molecule has 0 aromatic carbocycles. The summed E-state index contributed by atoms with van der Waals surface area (Å²) in [5.41, 5.74) is 0. The molecule has 1 heterocycles. The molecule has 0 aromatic rings. The fourth-order valence-corrected chi connectivity index (χ4v) is 2.83. The van der Waals surface area contributed by atoms with E-state index in [0.717, 1.165) is 26.1 Å². The molecule has 21 heavy (non-hydrogen) atoms. The van der Waals surface area contributed by atoms with Crippen LogP contribution in [0.25, 0.3) is 0 Å². The maximum atomic E-state index is 12.0. The van der Waals surface area contributed by atoms with Gasteiger partial charge in [0.2, 0.25) is 5.91 Å². The molecule has 0 bridgehead atoms. The smallest absolute Gasteiger partial charge is 0.321 e. The molecule has 0 radical (unpaired) electrons. The molecule has 1 saturated carbocycles. The highest BCUT2D eigenvalue weighted by Gasteiger charge is 2.32. The van der Waals surface area contributed by atoms with Crippen molar-refractivity contribution in [3.8, 4) is 0 Å². The van der Waals surface area contributed by atoms with Crippen LogP contribution in [0, 0.1) is 5.92 Å². The van der Waals surface area contributed by atoms with Gasteiger partial charge in [-0.15, -0.1) is 0 Å². The van der Waals surface area contributed by atoms with Gasteiger partial charge in [0.05, 0.1) is 6.54 Å². The summed E-state index contributed by atoms with van der Waals surface area (Å²) < 4.78 is 0. The average molecular weight is 296 g/mol. The van der Waals surface area contributed by atoms with Gasteiger partial charge in [-0.05, 0) is 51.1 Å². The third kappa shape index (κ3) is 6.01. The first-order chi connectivity index (χ1) is 10.2. The Morgan fingerprint density at radius 3 is 2.71 bits per heavy atom. The Bertz CT molecular complexity index is 352. The second-order valence-corrected chi connectivity index (χ2v) is 6.18. The van der Waals surface area contributed by atoms with Crippen molar-refractivity contribution in [3.63, 3.8) is 0 Å². The van der Waals surface area contributed by atoms with E-state index in [4.69, 9.17) is 0 Å². The highest BCUT2D eigenvalue weighted by molar-refractivity contribution is 5.95. The summed E-state index contributed by atoms with van der Waals surface area (Å²) in [5.74, 6) is 0.431. The van der Waals surface area contributed by atoms with Crippen molar-refractivity contribution in [1.29, 1.82) is 0 Å². The summed E-state index contributed by atoms with van der Waals surface area (Å²) in [4.78, 5) is 25.7. The Morgan fingerprint density at radius 1 is 1.29 bits per heavy atom. The minimum absolute atomic E-state index is 0.195. The molecule has 6 nitrogen and oxygen atoms in total. The monoisotopic (exact) mass is 296 g/mol. The quantitative estimate of drug-likeness (QED) is 0.646. The summed E-state index contributed by atoms with van der Waals surface area (Å²) in [7, 11) is 0. The molecule has 1 aliphatic carbocycles. The number of piperidine rings is 1. The van der Waals surface area contributed by atoms with E-state index < -0.39 is 0 Å². The van der Waals surface area contributed by atoms with Crippen LogP contribution in [-0.4, -0.2) is 55.6 Å². The van der Waals surface area contributed by atoms with Gasteiger partial charge >= 0.3 is 6.03 Å². The van der Waals surface area contributed by atoms with Gasteiger partial charge in [0.25, 0.3) is 0 Å². The Labute approximate surface area is 127 Å². The molecule has 120 valence electrons. The number of hydrogen-bond acceptors (Lipinski definition) is 4. The molecular formula is C15H28N4O2. The third-order valence-electron chi connectivity index (χ3n) is 4.09. The highest BCUT2D eigenvalue weighted by Crippen LogP contribution is 2.28. The Kier molecular flexibility index (Phi) is 6.45. The molecule has 1 unspecified atom stereocenters. The molecule has 2 aliphatic rings. The number of urea groups is 1. The average Bonchev–Trinajstić information content (AvgIpc) is 3.30. The third-order valence-corrected chi connectivity index (χ3v) is 4.09. The summed E-state index contributed by atoms with van der Waals surface area (Å²) in [6.07, 6.45) is 5.67. The number of imide groups is 1. The number of nitrogens with one attached hydrogen (secondary N) is 3. The fraction of sp³-hybridized carbons (Fsp3) is 0.867. The lowest BCUT2D eigenvalue weighted by atomic mass is 9.99. The topological polar surface area (TPSA) is 73.5 Å². The van der Waals surface area contributed by atoms with E-state index in [9.17, 15) is 9.59 Å². The van der Waals surface area contributed by atoms with Crippen LogP contribution < -0.4 is 16.0 Å². The molecular weight excluding hydrogens is 268 g/mol. The van der Waals surface area contributed by atoms with Crippen LogP contribution in [0.1, 0.15) is 39.0 Å². The van der Waals surface area contributed by atoms with Crippen LogP contribution in [-0.2, 0) is 4.79 Å². The Morgan fingerprint density at radius 2 is 2.10 bits per heavy atom. The molecule has 2 rings (SSSR count). The normalized spacial score (nSPS) is 22.1. The van der Waals surface area contributed by atoms with Gasteiger partial charge < -0.3 is 10.6 Å². The minimum Gasteiger partial charge on any atom is -0.338 e. The number of hydrogen-bond donors (Lipinski definition) is 3. The number of carbonyl (C=O) groups is 2. The standard InChI is InChI=1S/C15H28N4O2/c1-2-7-17-15(21)18-14(20)11-19(13-5-6-13)10-12-4-3-8-16-9-12/h12-13,16H,2-11H2,1H3,(H2,17,18,20,21). The summed E-state index contributed by atoms with van der Waals surface area (Å²) >= 11 is 0. The molecule has 6 heteroatoms. The van der Waals surface area contributed by atoms with Crippen LogP contribution in [0.5, 0.6) is 0 Å². The van der Waals surface area contributed by atoms with Gasteiger partial charge in [-0.2, -0.15) is 0 Å². The summed E-state index contributed by atoms with van der Waals surface area (Å²) in [6, 6.07) is 0.160. The maximum Gasteiger partial charge on any atom is 0.321 e. The van der Waals surface area contributed by atoms with E-state index in [1.54, 1.807) is 0 Å². The first-order valence-electron chi connectivity index (χ1n) is 8.21. The van der Waals surface area contributed by atoms with Gasteiger partial charge in [0.1, 0.15) is 0 Å². The maximum absolute atomic E-state index is 12.0. The van der Waals surface area contributed by atoms with Gasteiger partial charge in [-0.25, -0.2) is 4.79 Å². The van der Waals surface area contributed by atoms with Crippen molar-refractivity contribution in [2.45, 2.75) is 45.1 Å². The SMILES string of the molecule is CCCNC(=O)NC(=O)CN(CC1CCCNC1)C1CC1. The molecule has 1 aliphatic heterocycles. The molecule has 0 spiro atoms. The number of carbonyl (C=O) groups excluding carboxylic acids is 2. The number of amides is 3. The number of nitrogens with zero attached hydrogens (tertiary/aromatic N) is 1. The molecule has 3 N–H and O–H groups in total. The molecule has 3 amide bonds. The molecule has 0 aromatic heterocycles. The van der Waals surface area contributed by atoms with Crippen LogP contribution >= 0.6 is 0 Å². The second-order valence-electron chi connectivity index (χ2n) is 6.18. The van der Waals surface area contributed by atoms with Gasteiger partial charge in [0.15, 0.2) is 0 Å². The highest BCUT2D eigenvalue weighted by atomic mass is 16.2. The first-order valence-corrected chi connectivity index (χ1v) is 8.21. The van der Waals surface area contributed by atoms with E-state index in [-0.39, 0.29) is 11.9 Å². The minimum atomic E-state index is -0.378. The van der Waals surface area contributed by atoms with E-state index in [0.29, 0.717) is 25.0 Å². The first kappa shape index (κ1) is 16.2. The van der Waals surface area contributed by atoms with E-state index in [1.165, 1.54) is 25.7 Å². The summed E-state index contributed by atoms with van der Waals surface area (Å²) in [5, 5.41) is 8.50. The molecule has 2 fully saturated rings. The van der Waals surface area contributed by atoms with Crippen molar-refractivity contribution in [2.24, 2.45) is 5.92 Å². The number of rotatable bonds is 7. The largest absolute Gasteiger partial charge is 0.338 e. The van der Waals surface area contributed by atoms with E-state index >= 15 is 0 Å². The van der Waals surface area contributed by atoms with Crippen molar-refractivity contribution in [2.75, 3.05) is 32.7 Å². The van der Waals surface area contributed by atoms with Crippen molar-refractivity contribution >= 4 is 11.9 Å². The molecule has 1 saturated heterocycles. The predicted molar refractivity (Wildman–Crippen MR) is 82.0 cm³/mol. The Hall–Kier alpha value is -1.14. The zero-order chi connectivity index (χ0) is 15.1. The van der Waals surface area contributed by atoms with E-state index in [2.05, 4.69) is 20.9 Å². The zero-order valence-corrected chi connectivity index (χ0v) is 13.0. The summed E-state index contributed by atoms with van der Waals surface area (Å²) in [6.45, 7) is 6.02. The lowest BCUT2D eigenvalue weighted by Crippen LogP contribution is -2.47. The van der Waals surface area contributed by atoms with Crippen molar-refractivity contribution in [3.05, 3.63) is 0 Å². The van der Waals surface area contributed by atoms with Gasteiger partial charge in [-0.1, -0.05) is 6.92 Å².